The Bertz CT molecular complexity index is 985. The molecular weight excluding hydrogens is 368 g/mol. The van der Waals surface area contributed by atoms with Gasteiger partial charge in [0.1, 0.15) is 13.2 Å². The van der Waals surface area contributed by atoms with E-state index < -0.39 is 20.0 Å². The van der Waals surface area contributed by atoms with Gasteiger partial charge in [-0.2, -0.15) is 0 Å². The van der Waals surface area contributed by atoms with Gasteiger partial charge in [0.15, 0.2) is 11.5 Å². The van der Waals surface area contributed by atoms with E-state index in [1.165, 1.54) is 42.5 Å². The average molecular weight is 384 g/mol. The van der Waals surface area contributed by atoms with Crippen LogP contribution in [0.2, 0.25) is 0 Å². The number of nitrogens with one attached hydrogen (secondary N) is 1. The monoisotopic (exact) mass is 384 g/mol. The molecule has 3 N–H and O–H groups in total. The van der Waals surface area contributed by atoms with E-state index in [0.717, 1.165) is 0 Å². The van der Waals surface area contributed by atoms with E-state index in [2.05, 4.69) is 4.72 Å². The maximum absolute atomic E-state index is 12.5. The Morgan fingerprint density at radius 2 is 1.56 bits per heavy atom. The molecule has 2 aromatic carbocycles. The number of hydrogen-bond acceptors (Lipinski definition) is 6. The zero-order chi connectivity index (χ0) is 18.1. The number of hydrogen-bond donors (Lipinski definition) is 2. The molecule has 25 heavy (non-hydrogen) atoms. The van der Waals surface area contributed by atoms with E-state index in [-0.39, 0.29) is 10.6 Å². The first-order valence-corrected chi connectivity index (χ1v) is 10.4. The lowest BCUT2D eigenvalue weighted by atomic mass is 10.2. The molecule has 0 unspecified atom stereocenters. The smallest absolute Gasteiger partial charge is 0.262 e. The zero-order valence-corrected chi connectivity index (χ0v) is 14.6. The van der Waals surface area contributed by atoms with Crippen molar-refractivity contribution in [2.24, 2.45) is 5.14 Å². The summed E-state index contributed by atoms with van der Waals surface area (Å²) in [7, 11) is -7.46. The highest BCUT2D eigenvalue weighted by Gasteiger charge is 2.19. The van der Waals surface area contributed by atoms with Crippen LogP contribution >= 0.6 is 0 Å². The summed E-state index contributed by atoms with van der Waals surface area (Å²) in [4.78, 5) is 0.0327. The summed E-state index contributed by atoms with van der Waals surface area (Å²) in [5, 5.41) is 4.98. The maximum Gasteiger partial charge on any atom is 0.262 e. The Labute approximate surface area is 145 Å². The second kappa shape index (κ2) is 6.54. The number of fused-ring (bicyclic) bond motifs is 1. The third kappa shape index (κ3) is 4.41. The number of anilines is 1. The predicted octanol–water partition coefficient (Wildman–Crippen LogP) is 1.05. The van der Waals surface area contributed by atoms with Gasteiger partial charge in [0, 0.05) is 11.8 Å². The Balaban J connectivity index is 1.79. The van der Waals surface area contributed by atoms with Crippen molar-refractivity contribution in [2.45, 2.75) is 10.6 Å². The van der Waals surface area contributed by atoms with Crippen molar-refractivity contribution in [1.82, 2.24) is 0 Å². The molecule has 134 valence electrons. The van der Waals surface area contributed by atoms with Gasteiger partial charge >= 0.3 is 0 Å². The molecule has 0 spiro atoms. The third-order valence-electron chi connectivity index (χ3n) is 3.40. The molecule has 0 bridgehead atoms. The lowest BCUT2D eigenvalue weighted by molar-refractivity contribution is 0.171. The molecule has 0 radical (unpaired) electrons. The molecule has 1 heterocycles. The zero-order valence-electron chi connectivity index (χ0n) is 13.0. The van der Waals surface area contributed by atoms with Crippen LogP contribution in [-0.2, 0) is 25.8 Å². The van der Waals surface area contributed by atoms with Gasteiger partial charge in [-0.1, -0.05) is 12.1 Å². The van der Waals surface area contributed by atoms with Gasteiger partial charge in [0.25, 0.3) is 10.0 Å². The molecule has 0 aliphatic carbocycles. The van der Waals surface area contributed by atoms with Crippen molar-refractivity contribution in [2.75, 3.05) is 17.9 Å². The number of primary sulfonamides is 1. The molecule has 1 aliphatic heterocycles. The molecule has 1 aliphatic rings. The fourth-order valence-electron chi connectivity index (χ4n) is 2.31. The van der Waals surface area contributed by atoms with Gasteiger partial charge in [-0.25, -0.2) is 22.0 Å². The Morgan fingerprint density at radius 1 is 0.920 bits per heavy atom. The first-order valence-electron chi connectivity index (χ1n) is 7.25. The quantitative estimate of drug-likeness (QED) is 0.794. The van der Waals surface area contributed by atoms with Crippen LogP contribution in [0.1, 0.15) is 5.56 Å². The Morgan fingerprint density at radius 3 is 2.20 bits per heavy atom. The maximum atomic E-state index is 12.5. The van der Waals surface area contributed by atoms with Crippen molar-refractivity contribution in [1.29, 1.82) is 0 Å². The molecule has 0 saturated carbocycles. The number of nitrogens with two attached hydrogens (primary N) is 1. The molecule has 0 atom stereocenters. The van der Waals surface area contributed by atoms with Crippen LogP contribution in [0.4, 0.5) is 5.69 Å². The standard InChI is InChI=1S/C15H16N2O6S2/c16-24(18,19)10-11-1-3-12(4-2-11)17-25(20,21)13-5-6-14-15(9-13)23-8-7-22-14/h1-6,9,17H,7-8,10H2,(H2,16,18,19). The van der Waals surface area contributed by atoms with Crippen LogP contribution in [0.25, 0.3) is 0 Å². The summed E-state index contributed by atoms with van der Waals surface area (Å²) >= 11 is 0. The lowest BCUT2D eigenvalue weighted by Gasteiger charge is -2.19. The molecule has 3 rings (SSSR count). The minimum absolute atomic E-state index is 0.0327. The van der Waals surface area contributed by atoms with Crippen molar-refractivity contribution >= 4 is 25.7 Å². The van der Waals surface area contributed by atoms with Crippen LogP contribution < -0.4 is 19.3 Å². The summed E-state index contributed by atoms with van der Waals surface area (Å²) in [6.07, 6.45) is 0. The molecule has 2 aromatic rings. The van der Waals surface area contributed by atoms with Crippen molar-refractivity contribution in [3.63, 3.8) is 0 Å². The van der Waals surface area contributed by atoms with E-state index in [4.69, 9.17) is 14.6 Å². The highest BCUT2D eigenvalue weighted by Crippen LogP contribution is 2.32. The number of benzene rings is 2. The Kier molecular flexibility index (Phi) is 4.58. The van der Waals surface area contributed by atoms with Gasteiger partial charge in [0.2, 0.25) is 10.0 Å². The fourth-order valence-corrected chi connectivity index (χ4v) is 4.04. The van der Waals surface area contributed by atoms with Crippen molar-refractivity contribution < 1.29 is 26.3 Å². The van der Waals surface area contributed by atoms with E-state index in [0.29, 0.717) is 36.0 Å². The first kappa shape index (κ1) is 17.5. The SMILES string of the molecule is NS(=O)(=O)Cc1ccc(NS(=O)(=O)c2ccc3c(c2)OCCO3)cc1. The molecule has 0 amide bonds. The minimum Gasteiger partial charge on any atom is -0.486 e. The second-order valence-corrected chi connectivity index (χ2v) is 8.71. The average Bonchev–Trinajstić information content (AvgIpc) is 2.55. The predicted molar refractivity (Wildman–Crippen MR) is 91.5 cm³/mol. The van der Waals surface area contributed by atoms with Crippen LogP contribution in [0, 0.1) is 0 Å². The van der Waals surface area contributed by atoms with Gasteiger partial charge in [-0.15, -0.1) is 0 Å². The normalized spacial score (nSPS) is 14.1. The summed E-state index contributed by atoms with van der Waals surface area (Å²) < 4.78 is 60.3. The van der Waals surface area contributed by atoms with Gasteiger partial charge in [0.05, 0.1) is 10.6 Å². The molecule has 8 nitrogen and oxygen atoms in total. The minimum atomic E-state index is -3.82. The fraction of sp³-hybridized carbons (Fsp3) is 0.200. The largest absolute Gasteiger partial charge is 0.486 e. The number of rotatable bonds is 5. The lowest BCUT2D eigenvalue weighted by Crippen LogP contribution is -2.17. The first-order chi connectivity index (χ1) is 11.7. The highest BCUT2D eigenvalue weighted by atomic mass is 32.2. The van der Waals surface area contributed by atoms with Crippen LogP contribution in [0.5, 0.6) is 11.5 Å². The highest BCUT2D eigenvalue weighted by molar-refractivity contribution is 7.92. The van der Waals surface area contributed by atoms with Crippen molar-refractivity contribution in [3.05, 3.63) is 48.0 Å². The summed E-state index contributed by atoms with van der Waals surface area (Å²) in [6.45, 7) is 0.775. The Hall–Kier alpha value is -2.30. The second-order valence-electron chi connectivity index (χ2n) is 5.42. The van der Waals surface area contributed by atoms with Gasteiger partial charge in [-0.05, 0) is 29.8 Å². The van der Waals surface area contributed by atoms with E-state index in [1.807, 2.05) is 0 Å². The molecule has 0 fully saturated rings. The van der Waals surface area contributed by atoms with Crippen LogP contribution in [0.3, 0.4) is 0 Å². The topological polar surface area (TPSA) is 125 Å². The van der Waals surface area contributed by atoms with E-state index >= 15 is 0 Å². The molecule has 10 heteroatoms. The molecular formula is C15H16N2O6S2. The molecule has 0 saturated heterocycles. The number of ether oxygens (including phenoxy) is 2. The summed E-state index contributed by atoms with van der Waals surface area (Å²) in [6, 6.07) is 10.3. The molecule has 0 aromatic heterocycles. The number of sulfonamides is 2. The van der Waals surface area contributed by atoms with Crippen LogP contribution in [0.15, 0.2) is 47.4 Å². The van der Waals surface area contributed by atoms with Crippen molar-refractivity contribution in [3.8, 4) is 11.5 Å². The third-order valence-corrected chi connectivity index (χ3v) is 5.51. The van der Waals surface area contributed by atoms with Gasteiger partial charge < -0.3 is 9.47 Å². The van der Waals surface area contributed by atoms with Gasteiger partial charge in [-0.3, -0.25) is 4.72 Å². The van der Waals surface area contributed by atoms with E-state index in [1.54, 1.807) is 0 Å². The van der Waals surface area contributed by atoms with E-state index in [9.17, 15) is 16.8 Å². The van der Waals surface area contributed by atoms with Crippen LogP contribution in [-0.4, -0.2) is 30.0 Å². The summed E-state index contributed by atoms with van der Waals surface area (Å²) in [5.41, 5.74) is 0.762. The summed E-state index contributed by atoms with van der Waals surface area (Å²) in [5.74, 6) is 0.553.